The highest BCUT2D eigenvalue weighted by atomic mass is 35.5. The van der Waals surface area contributed by atoms with Crippen LogP contribution in [0.5, 0.6) is 0 Å². The molecule has 1 aliphatic rings. The van der Waals surface area contributed by atoms with Gasteiger partial charge >= 0.3 is 0 Å². The van der Waals surface area contributed by atoms with E-state index in [1.165, 1.54) is 0 Å². The molecular weight excluding hydrogens is 214 g/mol. The van der Waals surface area contributed by atoms with E-state index < -0.39 is 0 Å². The van der Waals surface area contributed by atoms with Gasteiger partial charge in [-0.3, -0.25) is 4.79 Å². The van der Waals surface area contributed by atoms with Crippen LogP contribution >= 0.6 is 12.4 Å². The Morgan fingerprint density at radius 1 is 1.47 bits per heavy atom. The Bertz CT molecular complexity index is 373. The Labute approximate surface area is 95.0 Å². The lowest BCUT2D eigenvalue weighted by Gasteiger charge is -2.18. The number of carbonyl (C=O) groups is 1. The second-order valence-corrected chi connectivity index (χ2v) is 3.67. The summed E-state index contributed by atoms with van der Waals surface area (Å²) in [5, 5.41) is 0. The van der Waals surface area contributed by atoms with E-state index in [1.807, 2.05) is 6.07 Å². The van der Waals surface area contributed by atoms with Crippen LogP contribution in [-0.2, 0) is 19.5 Å². The molecule has 1 amide bonds. The van der Waals surface area contributed by atoms with Gasteiger partial charge in [-0.1, -0.05) is 0 Å². The predicted molar refractivity (Wildman–Crippen MR) is 61.0 cm³/mol. The van der Waals surface area contributed by atoms with Crippen LogP contribution in [0, 0.1) is 0 Å². The lowest BCUT2D eigenvalue weighted by molar-refractivity contribution is 0.0999. The van der Waals surface area contributed by atoms with Gasteiger partial charge in [0.15, 0.2) is 0 Å². The van der Waals surface area contributed by atoms with Crippen molar-refractivity contribution in [1.82, 2.24) is 4.57 Å². The van der Waals surface area contributed by atoms with E-state index in [0.29, 0.717) is 12.1 Å². The monoisotopic (exact) mass is 229 g/mol. The minimum atomic E-state index is -0.338. The first kappa shape index (κ1) is 12.1. The zero-order valence-electron chi connectivity index (χ0n) is 8.53. The summed E-state index contributed by atoms with van der Waals surface area (Å²) in [4.78, 5) is 11.2. The van der Waals surface area contributed by atoms with Crippen molar-refractivity contribution in [2.24, 2.45) is 11.5 Å². The molecule has 0 aromatic carbocycles. The maximum Gasteiger partial charge on any atom is 0.250 e. The Morgan fingerprint density at radius 3 is 2.80 bits per heavy atom. The number of carbonyl (C=O) groups excluding carboxylic acids is 1. The molecule has 15 heavy (non-hydrogen) atoms. The van der Waals surface area contributed by atoms with E-state index in [4.69, 9.17) is 11.5 Å². The van der Waals surface area contributed by atoms with E-state index in [9.17, 15) is 4.79 Å². The van der Waals surface area contributed by atoms with E-state index in [-0.39, 0.29) is 18.3 Å². The number of hydrogen-bond donors (Lipinski definition) is 2. The van der Waals surface area contributed by atoms with E-state index in [0.717, 1.165) is 37.2 Å². The summed E-state index contributed by atoms with van der Waals surface area (Å²) in [6, 6.07) is 1.84. The molecule has 1 aromatic heterocycles. The summed E-state index contributed by atoms with van der Waals surface area (Å²) in [6.45, 7) is 1.44. The SMILES string of the molecule is Cl.NCc1cc(C(N)=O)c2n1CCCC2. The number of amides is 1. The second kappa shape index (κ2) is 4.68. The van der Waals surface area contributed by atoms with Gasteiger partial charge in [0.25, 0.3) is 5.91 Å². The van der Waals surface area contributed by atoms with Crippen LogP contribution in [0.15, 0.2) is 6.07 Å². The molecule has 0 aliphatic carbocycles. The van der Waals surface area contributed by atoms with Crippen LogP contribution in [0.4, 0.5) is 0 Å². The summed E-state index contributed by atoms with van der Waals surface area (Å²) >= 11 is 0. The largest absolute Gasteiger partial charge is 0.366 e. The van der Waals surface area contributed by atoms with Crippen molar-refractivity contribution in [2.45, 2.75) is 32.4 Å². The van der Waals surface area contributed by atoms with Gasteiger partial charge in [0.05, 0.1) is 5.56 Å². The minimum Gasteiger partial charge on any atom is -0.366 e. The number of nitrogens with zero attached hydrogens (tertiary/aromatic N) is 1. The van der Waals surface area contributed by atoms with Crippen LogP contribution < -0.4 is 11.5 Å². The second-order valence-electron chi connectivity index (χ2n) is 3.67. The smallest absolute Gasteiger partial charge is 0.250 e. The summed E-state index contributed by atoms with van der Waals surface area (Å²) < 4.78 is 2.14. The molecule has 0 atom stereocenters. The number of rotatable bonds is 2. The fraction of sp³-hybridized carbons (Fsp3) is 0.500. The first-order valence-corrected chi connectivity index (χ1v) is 4.95. The van der Waals surface area contributed by atoms with Crippen molar-refractivity contribution >= 4 is 18.3 Å². The molecular formula is C10H16ClN3O. The fourth-order valence-electron chi connectivity index (χ4n) is 2.14. The number of fused-ring (bicyclic) bond motifs is 1. The van der Waals surface area contributed by atoms with Crippen molar-refractivity contribution < 1.29 is 4.79 Å². The van der Waals surface area contributed by atoms with Crippen LogP contribution in [0.2, 0.25) is 0 Å². The lowest BCUT2D eigenvalue weighted by Crippen LogP contribution is -2.18. The maximum absolute atomic E-state index is 11.2. The van der Waals surface area contributed by atoms with Crippen LogP contribution in [0.25, 0.3) is 0 Å². The number of primary amides is 1. The quantitative estimate of drug-likeness (QED) is 0.788. The molecule has 4 N–H and O–H groups in total. The highest BCUT2D eigenvalue weighted by Gasteiger charge is 2.19. The third-order valence-corrected chi connectivity index (χ3v) is 2.81. The normalized spacial score (nSPS) is 14.2. The van der Waals surface area contributed by atoms with Crippen molar-refractivity contribution in [3.05, 3.63) is 23.0 Å². The Balaban J connectivity index is 0.00000112. The van der Waals surface area contributed by atoms with E-state index in [1.54, 1.807) is 0 Å². The molecule has 0 unspecified atom stereocenters. The maximum atomic E-state index is 11.2. The molecule has 0 radical (unpaired) electrons. The molecule has 2 heterocycles. The molecule has 0 saturated heterocycles. The van der Waals surface area contributed by atoms with Gasteiger partial charge in [-0.25, -0.2) is 0 Å². The van der Waals surface area contributed by atoms with Gasteiger partial charge in [0.1, 0.15) is 0 Å². The molecule has 0 fully saturated rings. The molecule has 2 rings (SSSR count). The zero-order chi connectivity index (χ0) is 10.1. The molecule has 0 spiro atoms. The molecule has 0 bridgehead atoms. The van der Waals surface area contributed by atoms with Gasteiger partial charge in [-0.05, 0) is 25.3 Å². The Morgan fingerprint density at radius 2 is 2.20 bits per heavy atom. The third kappa shape index (κ3) is 2.01. The summed E-state index contributed by atoms with van der Waals surface area (Å²) in [5.74, 6) is -0.338. The summed E-state index contributed by atoms with van der Waals surface area (Å²) in [7, 11) is 0. The first-order chi connectivity index (χ1) is 6.74. The molecule has 1 aliphatic heterocycles. The van der Waals surface area contributed by atoms with E-state index >= 15 is 0 Å². The van der Waals surface area contributed by atoms with Gasteiger partial charge in [-0.2, -0.15) is 0 Å². The average molecular weight is 230 g/mol. The molecule has 5 heteroatoms. The molecule has 84 valence electrons. The van der Waals surface area contributed by atoms with Crippen molar-refractivity contribution in [3.8, 4) is 0 Å². The number of hydrogen-bond acceptors (Lipinski definition) is 2. The van der Waals surface area contributed by atoms with Crippen LogP contribution in [0.3, 0.4) is 0 Å². The van der Waals surface area contributed by atoms with Gasteiger partial charge in [0.2, 0.25) is 0 Å². The van der Waals surface area contributed by atoms with Crippen molar-refractivity contribution in [2.75, 3.05) is 0 Å². The third-order valence-electron chi connectivity index (χ3n) is 2.81. The molecule has 4 nitrogen and oxygen atoms in total. The highest BCUT2D eigenvalue weighted by Crippen LogP contribution is 2.23. The first-order valence-electron chi connectivity index (χ1n) is 4.95. The van der Waals surface area contributed by atoms with Crippen LogP contribution in [0.1, 0.15) is 34.6 Å². The highest BCUT2D eigenvalue weighted by molar-refractivity contribution is 5.94. The topological polar surface area (TPSA) is 74.0 Å². The fourth-order valence-corrected chi connectivity index (χ4v) is 2.14. The van der Waals surface area contributed by atoms with Gasteiger partial charge in [0, 0.05) is 24.5 Å². The summed E-state index contributed by atoms with van der Waals surface area (Å²) in [6.07, 6.45) is 3.24. The summed E-state index contributed by atoms with van der Waals surface area (Å²) in [5.41, 5.74) is 13.7. The zero-order valence-corrected chi connectivity index (χ0v) is 9.35. The van der Waals surface area contributed by atoms with Crippen LogP contribution in [-0.4, -0.2) is 10.5 Å². The van der Waals surface area contributed by atoms with Gasteiger partial charge < -0.3 is 16.0 Å². The van der Waals surface area contributed by atoms with Crippen molar-refractivity contribution in [3.63, 3.8) is 0 Å². The van der Waals surface area contributed by atoms with Gasteiger partial charge in [-0.15, -0.1) is 12.4 Å². The molecule has 0 saturated carbocycles. The standard InChI is InChI=1S/C10H15N3O.ClH/c11-6-7-5-8(10(12)14)9-3-1-2-4-13(7)9;/h5H,1-4,6,11H2,(H2,12,14);1H. The minimum absolute atomic E-state index is 0. The lowest BCUT2D eigenvalue weighted by atomic mass is 10.1. The van der Waals surface area contributed by atoms with E-state index in [2.05, 4.69) is 4.57 Å². The number of aromatic nitrogens is 1. The number of nitrogens with two attached hydrogens (primary N) is 2. The Hall–Kier alpha value is -1.00. The predicted octanol–water partition coefficient (Wildman–Crippen LogP) is 0.804. The number of halogens is 1. The van der Waals surface area contributed by atoms with Crippen molar-refractivity contribution in [1.29, 1.82) is 0 Å². The molecule has 1 aromatic rings. The average Bonchev–Trinajstić information content (AvgIpc) is 2.56. The Kier molecular flexibility index (Phi) is 3.77.